The van der Waals surface area contributed by atoms with Crippen LogP contribution in [0.4, 0.5) is 10.6 Å². The minimum atomic E-state index is -0.576. The third-order valence-electron chi connectivity index (χ3n) is 7.85. The van der Waals surface area contributed by atoms with Gasteiger partial charge in [0, 0.05) is 31.7 Å². The lowest BCUT2D eigenvalue weighted by Crippen LogP contribution is -2.49. The number of carbonyl (C=O) groups is 2. The Balaban J connectivity index is 1.16. The number of fused-ring (bicyclic) bond motifs is 1. The van der Waals surface area contributed by atoms with Crippen molar-refractivity contribution < 1.29 is 23.8 Å². The van der Waals surface area contributed by atoms with Gasteiger partial charge in [-0.1, -0.05) is 26.0 Å². The summed E-state index contributed by atoms with van der Waals surface area (Å²) < 4.78 is 18.9. The normalized spacial score (nSPS) is 14.2. The van der Waals surface area contributed by atoms with Crippen LogP contribution in [0.1, 0.15) is 63.9 Å². The van der Waals surface area contributed by atoms with Crippen LogP contribution >= 0.6 is 0 Å². The standard InChI is InChI=1S/C36H47N7O5/c1-7-46-30-10-8-9-26(20-30)22-43-33-31(21-39-43)32(37-24-38-33)41-15-17-42(18-16-41)34(44)27-11-13-29(14-12-27)47-23-28(19-25(2)3)40-35(45)48-36(4,5)6/h8-14,20-21,24-25,28H,7,15-19,22-23H2,1-6H3,(H,40,45)/t28-/m1/s1. The molecule has 256 valence electrons. The SMILES string of the molecule is CCOc1cccc(Cn2ncc3c(N4CCN(C(=O)c5ccc(OC[C@@H](CC(C)C)NC(=O)OC(C)(C)C)cc5)CC4)ncnc32)c1. The van der Waals surface area contributed by atoms with E-state index >= 15 is 0 Å². The number of benzene rings is 2. The molecule has 48 heavy (non-hydrogen) atoms. The summed E-state index contributed by atoms with van der Waals surface area (Å²) >= 11 is 0. The Morgan fingerprint density at radius 1 is 0.958 bits per heavy atom. The predicted octanol–water partition coefficient (Wildman–Crippen LogP) is 5.55. The molecule has 12 nitrogen and oxygen atoms in total. The maximum atomic E-state index is 13.4. The lowest BCUT2D eigenvalue weighted by Gasteiger charge is -2.35. The lowest BCUT2D eigenvalue weighted by molar-refractivity contribution is 0.0479. The molecule has 0 bridgehead atoms. The summed E-state index contributed by atoms with van der Waals surface area (Å²) in [7, 11) is 0. The number of nitrogens with zero attached hydrogens (tertiary/aromatic N) is 6. The summed E-state index contributed by atoms with van der Waals surface area (Å²) in [6.45, 7) is 15.5. The van der Waals surface area contributed by atoms with E-state index in [1.165, 1.54) is 0 Å². The van der Waals surface area contributed by atoms with Crippen LogP contribution in [0.5, 0.6) is 11.5 Å². The van der Waals surface area contributed by atoms with E-state index in [1.807, 2.05) is 67.7 Å². The average molecular weight is 658 g/mol. The number of piperazine rings is 1. The van der Waals surface area contributed by atoms with Crippen molar-refractivity contribution in [2.45, 2.75) is 66.2 Å². The molecular weight excluding hydrogens is 610 g/mol. The zero-order chi connectivity index (χ0) is 34.3. The molecule has 1 fully saturated rings. The largest absolute Gasteiger partial charge is 0.494 e. The number of anilines is 1. The highest BCUT2D eigenvalue weighted by molar-refractivity contribution is 5.94. The molecular formula is C36H47N7O5. The Labute approximate surface area is 282 Å². The van der Waals surface area contributed by atoms with Crippen LogP contribution in [0.25, 0.3) is 11.0 Å². The summed E-state index contributed by atoms with van der Waals surface area (Å²) in [5.74, 6) is 2.62. The number of hydrogen-bond donors (Lipinski definition) is 1. The molecule has 0 unspecified atom stereocenters. The zero-order valence-electron chi connectivity index (χ0n) is 28.8. The van der Waals surface area contributed by atoms with Crippen LogP contribution in [0, 0.1) is 5.92 Å². The van der Waals surface area contributed by atoms with Crippen molar-refractivity contribution in [3.63, 3.8) is 0 Å². The molecule has 0 saturated carbocycles. The van der Waals surface area contributed by atoms with Gasteiger partial charge >= 0.3 is 6.09 Å². The molecule has 4 aromatic rings. The van der Waals surface area contributed by atoms with Crippen molar-refractivity contribution in [2.24, 2.45) is 5.92 Å². The summed E-state index contributed by atoms with van der Waals surface area (Å²) in [6.07, 6.45) is 3.67. The minimum absolute atomic E-state index is 0.0274. The summed E-state index contributed by atoms with van der Waals surface area (Å²) in [5, 5.41) is 8.42. The third kappa shape index (κ3) is 9.14. The monoisotopic (exact) mass is 657 g/mol. The van der Waals surface area contributed by atoms with Crippen LogP contribution in [-0.2, 0) is 11.3 Å². The highest BCUT2D eigenvalue weighted by atomic mass is 16.6. The van der Waals surface area contributed by atoms with Crippen LogP contribution in [-0.4, -0.2) is 87.7 Å². The third-order valence-corrected chi connectivity index (χ3v) is 7.85. The Morgan fingerprint density at radius 2 is 1.71 bits per heavy atom. The molecule has 3 heterocycles. The molecule has 0 aliphatic carbocycles. The molecule has 2 aromatic carbocycles. The topological polar surface area (TPSA) is 124 Å². The summed E-state index contributed by atoms with van der Waals surface area (Å²) in [4.78, 5) is 38.9. The van der Waals surface area contributed by atoms with Gasteiger partial charge in [0.2, 0.25) is 0 Å². The van der Waals surface area contributed by atoms with E-state index in [1.54, 1.807) is 30.6 Å². The number of alkyl carbamates (subject to hydrolysis) is 1. The van der Waals surface area contributed by atoms with Crippen LogP contribution in [0.3, 0.4) is 0 Å². The van der Waals surface area contributed by atoms with Gasteiger partial charge in [-0.15, -0.1) is 0 Å². The van der Waals surface area contributed by atoms with E-state index in [4.69, 9.17) is 14.2 Å². The quantitative estimate of drug-likeness (QED) is 0.209. The molecule has 0 spiro atoms. The van der Waals surface area contributed by atoms with Crippen molar-refractivity contribution in [2.75, 3.05) is 44.3 Å². The van der Waals surface area contributed by atoms with Crippen molar-refractivity contribution in [1.29, 1.82) is 0 Å². The van der Waals surface area contributed by atoms with E-state index in [-0.39, 0.29) is 11.9 Å². The molecule has 5 rings (SSSR count). The van der Waals surface area contributed by atoms with Gasteiger partial charge in [-0.05, 0) is 82.0 Å². The fourth-order valence-electron chi connectivity index (χ4n) is 5.73. The Morgan fingerprint density at radius 3 is 2.40 bits per heavy atom. The van der Waals surface area contributed by atoms with Gasteiger partial charge in [-0.25, -0.2) is 19.4 Å². The number of ether oxygens (including phenoxy) is 3. The Hall–Kier alpha value is -4.87. The lowest BCUT2D eigenvalue weighted by atomic mass is 10.0. The van der Waals surface area contributed by atoms with E-state index in [0.29, 0.717) is 63.2 Å². The molecule has 1 aliphatic heterocycles. The first-order valence-corrected chi connectivity index (χ1v) is 16.6. The molecule has 1 aliphatic rings. The second kappa shape index (κ2) is 15.4. The van der Waals surface area contributed by atoms with Gasteiger partial charge in [-0.3, -0.25) is 4.79 Å². The molecule has 12 heteroatoms. The highest BCUT2D eigenvalue weighted by Crippen LogP contribution is 2.25. The number of nitrogens with one attached hydrogen (secondary N) is 1. The predicted molar refractivity (Wildman–Crippen MR) is 185 cm³/mol. The second-order valence-corrected chi connectivity index (χ2v) is 13.4. The maximum absolute atomic E-state index is 13.4. The fraction of sp³-hybridized carbons (Fsp3) is 0.472. The van der Waals surface area contributed by atoms with E-state index < -0.39 is 11.7 Å². The number of hydrogen-bond acceptors (Lipinski definition) is 9. The molecule has 2 aromatic heterocycles. The average Bonchev–Trinajstić information content (AvgIpc) is 3.45. The van der Waals surface area contributed by atoms with Crippen molar-refractivity contribution in [3.05, 3.63) is 72.2 Å². The highest BCUT2D eigenvalue weighted by Gasteiger charge is 2.25. The first kappa shape index (κ1) is 34.5. The molecule has 2 amide bonds. The van der Waals surface area contributed by atoms with Crippen molar-refractivity contribution in [3.8, 4) is 11.5 Å². The molecule has 1 saturated heterocycles. The molecule has 0 radical (unpaired) electrons. The van der Waals surface area contributed by atoms with Crippen LogP contribution in [0.15, 0.2) is 61.1 Å². The van der Waals surface area contributed by atoms with Crippen LogP contribution in [0.2, 0.25) is 0 Å². The number of carbonyl (C=O) groups excluding carboxylic acids is 2. The molecule has 1 N–H and O–H groups in total. The minimum Gasteiger partial charge on any atom is -0.494 e. The van der Waals surface area contributed by atoms with Crippen molar-refractivity contribution >= 4 is 28.9 Å². The second-order valence-electron chi connectivity index (χ2n) is 13.4. The van der Waals surface area contributed by atoms with Gasteiger partial charge in [-0.2, -0.15) is 5.10 Å². The van der Waals surface area contributed by atoms with E-state index in [2.05, 4.69) is 39.1 Å². The summed E-state index contributed by atoms with van der Waals surface area (Å²) in [6, 6.07) is 15.0. The first-order chi connectivity index (χ1) is 23.0. The maximum Gasteiger partial charge on any atom is 0.407 e. The van der Waals surface area contributed by atoms with E-state index in [0.717, 1.165) is 34.6 Å². The Kier molecular flexibility index (Phi) is 11.0. The zero-order valence-corrected chi connectivity index (χ0v) is 28.8. The number of aromatic nitrogens is 4. The van der Waals surface area contributed by atoms with Gasteiger partial charge in [0.15, 0.2) is 5.65 Å². The fourth-order valence-corrected chi connectivity index (χ4v) is 5.73. The number of amides is 2. The smallest absolute Gasteiger partial charge is 0.407 e. The van der Waals surface area contributed by atoms with Gasteiger partial charge in [0.25, 0.3) is 5.91 Å². The van der Waals surface area contributed by atoms with Gasteiger partial charge < -0.3 is 29.3 Å². The van der Waals surface area contributed by atoms with Crippen LogP contribution < -0.4 is 19.7 Å². The first-order valence-electron chi connectivity index (χ1n) is 16.6. The number of rotatable bonds is 12. The Bertz CT molecular complexity index is 1670. The molecule has 1 atom stereocenters. The van der Waals surface area contributed by atoms with Gasteiger partial charge in [0.05, 0.1) is 30.8 Å². The van der Waals surface area contributed by atoms with Gasteiger partial charge in [0.1, 0.15) is 35.9 Å². The van der Waals surface area contributed by atoms with E-state index in [9.17, 15) is 9.59 Å². The van der Waals surface area contributed by atoms with Crippen molar-refractivity contribution in [1.82, 2.24) is 30.0 Å². The summed E-state index contributed by atoms with van der Waals surface area (Å²) in [5.41, 5.74) is 1.86.